The van der Waals surface area contributed by atoms with Crippen molar-refractivity contribution in [3.8, 4) is 11.5 Å². The number of benzene rings is 1. The fourth-order valence-corrected chi connectivity index (χ4v) is 2.74. The number of hydrogen-bond acceptors (Lipinski definition) is 5. The summed E-state index contributed by atoms with van der Waals surface area (Å²) in [6.45, 7) is 8.93. The molecule has 0 amide bonds. The molecule has 0 radical (unpaired) electrons. The van der Waals surface area contributed by atoms with E-state index in [1.807, 2.05) is 19.1 Å². The summed E-state index contributed by atoms with van der Waals surface area (Å²) < 4.78 is 16.2. The Hall–Kier alpha value is -0.430. The normalized spacial score (nSPS) is 14.5. The molecule has 24 heavy (non-hydrogen) atoms. The Labute approximate surface area is 161 Å². The fraction of sp³-hybridized carbons (Fsp3) is 0.625. The van der Waals surface area contributed by atoms with Gasteiger partial charge in [0.1, 0.15) is 0 Å². The first kappa shape index (κ1) is 23.6. The zero-order valence-corrected chi connectivity index (χ0v) is 16.6. The number of morpholine rings is 1. The van der Waals surface area contributed by atoms with E-state index in [0.29, 0.717) is 23.1 Å². The number of nitrogens with one attached hydrogen (secondary N) is 1. The average Bonchev–Trinajstić information content (AvgIpc) is 2.55. The molecule has 1 aliphatic heterocycles. The Morgan fingerprint density at radius 1 is 1.25 bits per heavy atom. The third kappa shape index (κ3) is 7.21. The van der Waals surface area contributed by atoms with Crippen LogP contribution in [-0.4, -0.2) is 58.0 Å². The highest BCUT2D eigenvalue weighted by atomic mass is 35.5. The molecule has 0 atom stereocenters. The molecule has 0 spiro atoms. The molecule has 0 saturated carbocycles. The lowest BCUT2D eigenvalue weighted by Crippen LogP contribution is -2.40. The minimum absolute atomic E-state index is 0. The number of hydrogen-bond donors (Lipinski definition) is 1. The standard InChI is InChI=1S/C16H25ClN2O3.2ClH/c1-3-22-16-14(17)10-13(11-15(16)20-2)12-18-4-5-19-6-8-21-9-7-19;;/h10-11,18H,3-9,12H2,1-2H3;2*1H. The van der Waals surface area contributed by atoms with E-state index in [-0.39, 0.29) is 24.8 Å². The molecule has 1 aromatic rings. The van der Waals surface area contributed by atoms with Crippen LogP contribution in [0.2, 0.25) is 5.02 Å². The van der Waals surface area contributed by atoms with Gasteiger partial charge in [-0.3, -0.25) is 4.90 Å². The summed E-state index contributed by atoms with van der Waals surface area (Å²) in [7, 11) is 1.63. The van der Waals surface area contributed by atoms with Crippen molar-refractivity contribution in [3.63, 3.8) is 0 Å². The van der Waals surface area contributed by atoms with Gasteiger partial charge in [0.05, 0.1) is 32.0 Å². The van der Waals surface area contributed by atoms with Crippen molar-refractivity contribution >= 4 is 36.4 Å². The summed E-state index contributed by atoms with van der Waals surface area (Å²) in [4.78, 5) is 2.41. The zero-order chi connectivity index (χ0) is 15.8. The van der Waals surface area contributed by atoms with Crippen LogP contribution in [0.15, 0.2) is 12.1 Å². The third-order valence-corrected chi connectivity index (χ3v) is 3.90. The second kappa shape index (κ2) is 12.9. The number of methoxy groups -OCH3 is 1. The minimum atomic E-state index is 0. The van der Waals surface area contributed by atoms with Gasteiger partial charge in [0.2, 0.25) is 0 Å². The topological polar surface area (TPSA) is 43.0 Å². The molecule has 140 valence electrons. The van der Waals surface area contributed by atoms with Crippen molar-refractivity contribution in [1.29, 1.82) is 0 Å². The minimum Gasteiger partial charge on any atom is -0.493 e. The highest BCUT2D eigenvalue weighted by molar-refractivity contribution is 6.32. The Morgan fingerprint density at radius 3 is 2.58 bits per heavy atom. The Bertz CT molecular complexity index is 472. The fourth-order valence-electron chi connectivity index (χ4n) is 2.45. The van der Waals surface area contributed by atoms with Crippen molar-refractivity contribution in [3.05, 3.63) is 22.7 Å². The van der Waals surface area contributed by atoms with Crippen LogP contribution in [0.4, 0.5) is 0 Å². The molecule has 1 N–H and O–H groups in total. The summed E-state index contributed by atoms with van der Waals surface area (Å²) in [5.74, 6) is 1.29. The molecule has 0 aliphatic carbocycles. The van der Waals surface area contributed by atoms with Gasteiger partial charge in [-0.05, 0) is 24.6 Å². The predicted octanol–water partition coefficient (Wildman–Crippen LogP) is 3.01. The van der Waals surface area contributed by atoms with Crippen LogP contribution in [0, 0.1) is 0 Å². The smallest absolute Gasteiger partial charge is 0.179 e. The van der Waals surface area contributed by atoms with Gasteiger partial charge < -0.3 is 19.5 Å². The first-order chi connectivity index (χ1) is 10.7. The van der Waals surface area contributed by atoms with Crippen LogP contribution in [0.3, 0.4) is 0 Å². The van der Waals surface area contributed by atoms with Gasteiger partial charge >= 0.3 is 0 Å². The van der Waals surface area contributed by atoms with E-state index < -0.39 is 0 Å². The molecular weight excluding hydrogens is 375 g/mol. The molecule has 1 heterocycles. The van der Waals surface area contributed by atoms with E-state index in [2.05, 4.69) is 10.2 Å². The molecule has 1 fully saturated rings. The lowest BCUT2D eigenvalue weighted by atomic mass is 10.2. The maximum Gasteiger partial charge on any atom is 0.179 e. The van der Waals surface area contributed by atoms with E-state index in [9.17, 15) is 0 Å². The van der Waals surface area contributed by atoms with E-state index in [1.54, 1.807) is 7.11 Å². The maximum atomic E-state index is 6.27. The summed E-state index contributed by atoms with van der Waals surface area (Å²) in [6.07, 6.45) is 0. The quantitative estimate of drug-likeness (QED) is 0.678. The third-order valence-electron chi connectivity index (χ3n) is 3.62. The first-order valence-electron chi connectivity index (χ1n) is 7.74. The summed E-state index contributed by atoms with van der Waals surface area (Å²) in [6, 6.07) is 3.90. The molecule has 1 aliphatic rings. The average molecular weight is 402 g/mol. The Balaban J connectivity index is 0.00000264. The van der Waals surface area contributed by atoms with Crippen LogP contribution in [-0.2, 0) is 11.3 Å². The molecule has 1 saturated heterocycles. The summed E-state index contributed by atoms with van der Waals surface area (Å²) in [5, 5.41) is 4.03. The van der Waals surface area contributed by atoms with Crippen LogP contribution in [0.1, 0.15) is 12.5 Å². The SMILES string of the molecule is CCOc1c(Cl)cc(CNCCN2CCOCC2)cc1OC.Cl.Cl. The molecule has 5 nitrogen and oxygen atoms in total. The predicted molar refractivity (Wildman–Crippen MR) is 103 cm³/mol. The van der Waals surface area contributed by atoms with Crippen LogP contribution in [0.5, 0.6) is 11.5 Å². The van der Waals surface area contributed by atoms with E-state index in [0.717, 1.165) is 51.5 Å². The van der Waals surface area contributed by atoms with Gasteiger partial charge in [0.25, 0.3) is 0 Å². The van der Waals surface area contributed by atoms with Gasteiger partial charge in [-0.15, -0.1) is 24.8 Å². The van der Waals surface area contributed by atoms with Crippen LogP contribution >= 0.6 is 36.4 Å². The molecule has 0 unspecified atom stereocenters. The summed E-state index contributed by atoms with van der Waals surface area (Å²) >= 11 is 6.27. The van der Waals surface area contributed by atoms with Gasteiger partial charge in [-0.25, -0.2) is 0 Å². The molecule has 2 rings (SSSR count). The second-order valence-corrected chi connectivity index (χ2v) is 5.58. The number of nitrogens with zero attached hydrogens (tertiary/aromatic N) is 1. The van der Waals surface area contributed by atoms with E-state index in [4.69, 9.17) is 25.8 Å². The van der Waals surface area contributed by atoms with Crippen molar-refractivity contribution in [2.24, 2.45) is 0 Å². The lowest BCUT2D eigenvalue weighted by molar-refractivity contribution is 0.0384. The molecule has 1 aromatic carbocycles. The number of ether oxygens (including phenoxy) is 3. The van der Waals surface area contributed by atoms with Crippen molar-refractivity contribution in [2.75, 3.05) is 53.1 Å². The highest BCUT2D eigenvalue weighted by Crippen LogP contribution is 2.36. The van der Waals surface area contributed by atoms with Crippen LogP contribution < -0.4 is 14.8 Å². The van der Waals surface area contributed by atoms with Gasteiger partial charge in [0, 0.05) is 32.7 Å². The first-order valence-corrected chi connectivity index (χ1v) is 8.12. The molecular formula is C16H27Cl3N2O3. The van der Waals surface area contributed by atoms with Crippen LogP contribution in [0.25, 0.3) is 0 Å². The second-order valence-electron chi connectivity index (χ2n) is 5.17. The maximum absolute atomic E-state index is 6.27. The monoisotopic (exact) mass is 400 g/mol. The van der Waals surface area contributed by atoms with Crippen molar-refractivity contribution in [1.82, 2.24) is 10.2 Å². The van der Waals surface area contributed by atoms with Gasteiger partial charge in [0.15, 0.2) is 11.5 Å². The molecule has 0 aromatic heterocycles. The van der Waals surface area contributed by atoms with E-state index >= 15 is 0 Å². The molecule has 8 heteroatoms. The lowest BCUT2D eigenvalue weighted by Gasteiger charge is -2.26. The van der Waals surface area contributed by atoms with Crippen molar-refractivity contribution in [2.45, 2.75) is 13.5 Å². The van der Waals surface area contributed by atoms with Gasteiger partial charge in [-0.2, -0.15) is 0 Å². The highest BCUT2D eigenvalue weighted by Gasteiger charge is 2.12. The van der Waals surface area contributed by atoms with Crippen molar-refractivity contribution < 1.29 is 14.2 Å². The largest absolute Gasteiger partial charge is 0.493 e. The Morgan fingerprint density at radius 2 is 1.96 bits per heavy atom. The van der Waals surface area contributed by atoms with E-state index in [1.165, 1.54) is 0 Å². The molecule has 0 bridgehead atoms. The Kier molecular flexibility index (Phi) is 12.6. The zero-order valence-electron chi connectivity index (χ0n) is 14.2. The number of halogens is 3. The van der Waals surface area contributed by atoms with Gasteiger partial charge in [-0.1, -0.05) is 11.6 Å². The summed E-state index contributed by atoms with van der Waals surface area (Å²) in [5.41, 5.74) is 1.09. The number of rotatable bonds is 8.